The lowest BCUT2D eigenvalue weighted by Crippen LogP contribution is -2.26. The molecular formula is C7H8BClO2. The molecule has 1 rings (SSSR count). The van der Waals surface area contributed by atoms with E-state index in [-0.39, 0.29) is 5.75 Å². The third-order valence-corrected chi connectivity index (χ3v) is 1.68. The average molecular weight is 170 g/mol. The third-order valence-electron chi connectivity index (χ3n) is 1.44. The van der Waals surface area contributed by atoms with Crippen LogP contribution in [0, 0.1) is 0 Å². The molecule has 0 heterocycles. The van der Waals surface area contributed by atoms with Crippen LogP contribution in [0.5, 0.6) is 5.75 Å². The molecule has 11 heavy (non-hydrogen) atoms. The van der Waals surface area contributed by atoms with Crippen LogP contribution in [0.4, 0.5) is 0 Å². The van der Waals surface area contributed by atoms with Crippen molar-refractivity contribution < 1.29 is 10.1 Å². The van der Waals surface area contributed by atoms with Crippen molar-refractivity contribution in [1.29, 1.82) is 0 Å². The standard InChI is InChI=1S/C7H8BClO2/c1-8(11)6-3-2-5(9)4-7(6)10/h2-4,10-11H,1H3. The number of hydrogen-bond acceptors (Lipinski definition) is 2. The SMILES string of the molecule is CB(O)c1ccc(Cl)cc1O. The maximum atomic E-state index is 9.22. The summed E-state index contributed by atoms with van der Waals surface area (Å²) in [6.45, 7) is 0.926. The molecule has 0 radical (unpaired) electrons. The van der Waals surface area contributed by atoms with E-state index in [0.717, 1.165) is 0 Å². The van der Waals surface area contributed by atoms with E-state index in [1.54, 1.807) is 19.0 Å². The zero-order chi connectivity index (χ0) is 8.43. The maximum Gasteiger partial charge on any atom is 0.324 e. The first-order chi connectivity index (χ1) is 5.11. The number of rotatable bonds is 1. The summed E-state index contributed by atoms with van der Waals surface area (Å²) >= 11 is 5.58. The van der Waals surface area contributed by atoms with Crippen molar-refractivity contribution in [2.24, 2.45) is 0 Å². The molecule has 4 heteroatoms. The van der Waals surface area contributed by atoms with E-state index >= 15 is 0 Å². The van der Waals surface area contributed by atoms with Crippen molar-refractivity contribution in [1.82, 2.24) is 0 Å². The molecule has 0 unspecified atom stereocenters. The molecule has 0 aliphatic heterocycles. The molecule has 0 aliphatic carbocycles. The Morgan fingerprint density at radius 1 is 1.45 bits per heavy atom. The summed E-state index contributed by atoms with van der Waals surface area (Å²) in [6, 6.07) is 4.63. The van der Waals surface area contributed by atoms with E-state index in [4.69, 9.17) is 16.6 Å². The fraction of sp³-hybridized carbons (Fsp3) is 0.143. The van der Waals surface area contributed by atoms with Crippen molar-refractivity contribution >= 4 is 24.0 Å². The second kappa shape index (κ2) is 3.16. The largest absolute Gasteiger partial charge is 0.508 e. The summed E-state index contributed by atoms with van der Waals surface area (Å²) < 4.78 is 0. The van der Waals surface area contributed by atoms with Crippen LogP contribution in [-0.2, 0) is 0 Å². The Morgan fingerprint density at radius 2 is 2.09 bits per heavy atom. The second-order valence-corrected chi connectivity index (χ2v) is 2.82. The van der Waals surface area contributed by atoms with Gasteiger partial charge in [0.2, 0.25) is 0 Å². The molecule has 0 fully saturated rings. The lowest BCUT2D eigenvalue weighted by Gasteiger charge is -2.03. The normalized spacial score (nSPS) is 9.73. The lowest BCUT2D eigenvalue weighted by atomic mass is 9.64. The number of benzene rings is 1. The summed E-state index contributed by atoms with van der Waals surface area (Å²) in [6.07, 6.45) is 0. The number of phenolic OH excluding ortho intramolecular Hbond substituents is 1. The van der Waals surface area contributed by atoms with Gasteiger partial charge in [0, 0.05) is 5.02 Å². The molecule has 1 aromatic carbocycles. The van der Waals surface area contributed by atoms with Crippen molar-refractivity contribution in [3.63, 3.8) is 0 Å². The minimum atomic E-state index is -0.660. The molecule has 1 aromatic rings. The van der Waals surface area contributed by atoms with Crippen molar-refractivity contribution in [3.05, 3.63) is 23.2 Å². The monoisotopic (exact) mass is 170 g/mol. The van der Waals surface area contributed by atoms with Gasteiger partial charge in [0.1, 0.15) is 5.75 Å². The van der Waals surface area contributed by atoms with Gasteiger partial charge in [-0.1, -0.05) is 24.5 Å². The van der Waals surface area contributed by atoms with Gasteiger partial charge in [0.05, 0.1) is 0 Å². The molecule has 0 amide bonds. The highest BCUT2D eigenvalue weighted by Crippen LogP contribution is 2.13. The Kier molecular flexibility index (Phi) is 2.42. The van der Waals surface area contributed by atoms with Gasteiger partial charge in [-0.2, -0.15) is 0 Å². The van der Waals surface area contributed by atoms with Crippen LogP contribution in [0.1, 0.15) is 0 Å². The average Bonchev–Trinajstić information content (AvgIpc) is 1.85. The van der Waals surface area contributed by atoms with Crippen molar-refractivity contribution in [2.45, 2.75) is 6.82 Å². The summed E-state index contributed by atoms with van der Waals surface area (Å²) in [7, 11) is 0. The van der Waals surface area contributed by atoms with E-state index in [1.165, 1.54) is 6.07 Å². The zero-order valence-electron chi connectivity index (χ0n) is 6.08. The fourth-order valence-corrected chi connectivity index (χ4v) is 1.04. The molecule has 0 spiro atoms. The van der Waals surface area contributed by atoms with Gasteiger partial charge in [-0.3, -0.25) is 0 Å². The quantitative estimate of drug-likeness (QED) is 0.614. The summed E-state index contributed by atoms with van der Waals surface area (Å²) in [5.41, 5.74) is 0.495. The van der Waals surface area contributed by atoms with Gasteiger partial charge in [-0.25, -0.2) is 0 Å². The van der Waals surface area contributed by atoms with Crippen LogP contribution in [0.2, 0.25) is 11.8 Å². The molecule has 0 aliphatic rings. The molecule has 0 bridgehead atoms. The van der Waals surface area contributed by atoms with Gasteiger partial charge in [-0.15, -0.1) is 0 Å². The van der Waals surface area contributed by atoms with E-state index in [9.17, 15) is 5.11 Å². The smallest absolute Gasteiger partial charge is 0.324 e. The molecule has 0 atom stereocenters. The topological polar surface area (TPSA) is 40.5 Å². The zero-order valence-corrected chi connectivity index (χ0v) is 6.84. The maximum absolute atomic E-state index is 9.22. The molecule has 58 valence electrons. The van der Waals surface area contributed by atoms with Crippen LogP contribution in [0.15, 0.2) is 18.2 Å². The van der Waals surface area contributed by atoms with Crippen LogP contribution in [-0.4, -0.2) is 17.0 Å². The molecular weight excluding hydrogens is 162 g/mol. The second-order valence-electron chi connectivity index (χ2n) is 2.38. The fourth-order valence-electron chi connectivity index (χ4n) is 0.870. The van der Waals surface area contributed by atoms with Crippen LogP contribution in [0.25, 0.3) is 0 Å². The summed E-state index contributed by atoms with van der Waals surface area (Å²) in [4.78, 5) is 0. The Labute approximate surface area is 70.5 Å². The Balaban J connectivity index is 3.09. The van der Waals surface area contributed by atoms with E-state index < -0.39 is 6.92 Å². The summed E-state index contributed by atoms with van der Waals surface area (Å²) in [5, 5.41) is 18.8. The number of aromatic hydroxyl groups is 1. The molecule has 2 N–H and O–H groups in total. The highest BCUT2D eigenvalue weighted by molar-refractivity contribution is 6.65. The summed E-state index contributed by atoms with van der Waals surface area (Å²) in [5.74, 6) is 0.0347. The Bertz CT molecular complexity index is 263. The minimum absolute atomic E-state index is 0.0347. The van der Waals surface area contributed by atoms with E-state index in [1.807, 2.05) is 0 Å². The molecule has 2 nitrogen and oxygen atoms in total. The first-order valence-corrected chi connectivity index (χ1v) is 3.65. The van der Waals surface area contributed by atoms with E-state index in [0.29, 0.717) is 10.5 Å². The highest BCUT2D eigenvalue weighted by Gasteiger charge is 2.10. The van der Waals surface area contributed by atoms with Gasteiger partial charge >= 0.3 is 6.92 Å². The lowest BCUT2D eigenvalue weighted by molar-refractivity contribution is 0.477. The highest BCUT2D eigenvalue weighted by atomic mass is 35.5. The predicted octanol–water partition coefficient (Wildman–Crippen LogP) is 0.866. The first kappa shape index (κ1) is 8.43. The Hall–Kier alpha value is -0.665. The number of hydrogen-bond donors (Lipinski definition) is 2. The van der Waals surface area contributed by atoms with Gasteiger partial charge in [-0.05, 0) is 17.6 Å². The molecule has 0 saturated carbocycles. The number of phenols is 1. The van der Waals surface area contributed by atoms with E-state index in [2.05, 4.69) is 0 Å². The van der Waals surface area contributed by atoms with Gasteiger partial charge in [0.25, 0.3) is 0 Å². The number of halogens is 1. The van der Waals surface area contributed by atoms with Crippen LogP contribution in [0.3, 0.4) is 0 Å². The van der Waals surface area contributed by atoms with Gasteiger partial charge in [0.15, 0.2) is 0 Å². The van der Waals surface area contributed by atoms with Crippen molar-refractivity contribution in [2.75, 3.05) is 0 Å². The van der Waals surface area contributed by atoms with Gasteiger partial charge < -0.3 is 10.1 Å². The molecule has 0 aromatic heterocycles. The molecule has 0 saturated heterocycles. The third kappa shape index (κ3) is 1.88. The predicted molar refractivity (Wildman–Crippen MR) is 46.6 cm³/mol. The van der Waals surface area contributed by atoms with Crippen LogP contribution >= 0.6 is 11.6 Å². The Morgan fingerprint density at radius 3 is 2.55 bits per heavy atom. The first-order valence-electron chi connectivity index (χ1n) is 3.27. The van der Waals surface area contributed by atoms with Crippen LogP contribution < -0.4 is 5.46 Å². The van der Waals surface area contributed by atoms with Crippen molar-refractivity contribution in [3.8, 4) is 5.75 Å². The minimum Gasteiger partial charge on any atom is -0.508 e.